The summed E-state index contributed by atoms with van der Waals surface area (Å²) in [4.78, 5) is 19.8. The van der Waals surface area contributed by atoms with E-state index in [1.165, 1.54) is 17.4 Å². The van der Waals surface area contributed by atoms with Gasteiger partial charge in [-0.15, -0.1) is 11.3 Å². The number of aromatic hydroxyl groups is 1. The number of hydrogen-bond donors (Lipinski definition) is 2. The molecule has 6 nitrogen and oxygen atoms in total. The number of fused-ring (bicyclic) bond motifs is 3. The number of aromatic amines is 1. The zero-order chi connectivity index (χ0) is 17.6. The van der Waals surface area contributed by atoms with Crippen molar-refractivity contribution in [2.24, 2.45) is 0 Å². The molecule has 0 aliphatic heterocycles. The molecule has 0 atom stereocenters. The molecule has 3 heterocycles. The van der Waals surface area contributed by atoms with Crippen molar-refractivity contribution in [1.82, 2.24) is 9.97 Å². The highest BCUT2D eigenvalue weighted by molar-refractivity contribution is 7.25. The number of H-pyrrole nitrogens is 1. The summed E-state index contributed by atoms with van der Waals surface area (Å²) in [5.41, 5.74) is 1.92. The third kappa shape index (κ3) is 2.49. The summed E-state index contributed by atoms with van der Waals surface area (Å²) >= 11 is 1.34. The highest BCUT2D eigenvalue weighted by Gasteiger charge is 2.13. The molecule has 4 aromatic rings. The van der Waals surface area contributed by atoms with Gasteiger partial charge in [-0.25, -0.2) is 4.98 Å². The number of pyridine rings is 2. The van der Waals surface area contributed by atoms with E-state index in [2.05, 4.69) is 9.97 Å². The second-order valence-corrected chi connectivity index (χ2v) is 6.44. The van der Waals surface area contributed by atoms with Crippen molar-refractivity contribution < 1.29 is 14.6 Å². The molecule has 2 N–H and O–H groups in total. The van der Waals surface area contributed by atoms with E-state index in [1.54, 1.807) is 14.2 Å². The average molecular weight is 354 g/mol. The highest BCUT2D eigenvalue weighted by Crippen LogP contribution is 2.37. The summed E-state index contributed by atoms with van der Waals surface area (Å²) in [7, 11) is 3.18. The van der Waals surface area contributed by atoms with Gasteiger partial charge in [-0.05, 0) is 30.3 Å². The summed E-state index contributed by atoms with van der Waals surface area (Å²) in [6.07, 6.45) is 0. The molecule has 0 radical (unpaired) electrons. The molecule has 0 amide bonds. The summed E-state index contributed by atoms with van der Waals surface area (Å²) in [6.45, 7) is 0. The van der Waals surface area contributed by atoms with Gasteiger partial charge in [-0.1, -0.05) is 0 Å². The van der Waals surface area contributed by atoms with Crippen LogP contribution in [0.2, 0.25) is 0 Å². The van der Waals surface area contributed by atoms with Crippen molar-refractivity contribution in [3.05, 3.63) is 46.8 Å². The van der Waals surface area contributed by atoms with Crippen LogP contribution in [-0.4, -0.2) is 29.3 Å². The lowest BCUT2D eigenvalue weighted by Crippen LogP contribution is -2.01. The van der Waals surface area contributed by atoms with E-state index in [0.717, 1.165) is 21.5 Å². The van der Waals surface area contributed by atoms with E-state index in [1.807, 2.05) is 30.3 Å². The molecule has 25 heavy (non-hydrogen) atoms. The molecular formula is C18H14N2O4S. The molecule has 0 bridgehead atoms. The first-order valence-corrected chi connectivity index (χ1v) is 8.30. The van der Waals surface area contributed by atoms with Gasteiger partial charge in [-0.3, -0.25) is 4.79 Å². The SMILES string of the molecule is COc1ccc(-c2ccc3c(n2)sc2c(O)cc(=O)[nH]c23)cc1OC. The van der Waals surface area contributed by atoms with Gasteiger partial charge in [0.2, 0.25) is 0 Å². The predicted octanol–water partition coefficient (Wildman–Crippen LogP) is 3.53. The topological polar surface area (TPSA) is 84.4 Å². The highest BCUT2D eigenvalue weighted by atomic mass is 32.1. The number of hydrogen-bond acceptors (Lipinski definition) is 6. The molecule has 0 spiro atoms. The van der Waals surface area contributed by atoms with Crippen molar-refractivity contribution in [2.75, 3.05) is 14.2 Å². The van der Waals surface area contributed by atoms with Crippen LogP contribution in [0.3, 0.4) is 0 Å². The van der Waals surface area contributed by atoms with Gasteiger partial charge in [0, 0.05) is 17.0 Å². The molecule has 1 aromatic carbocycles. The molecule has 7 heteroatoms. The van der Waals surface area contributed by atoms with Crippen LogP contribution in [0, 0.1) is 0 Å². The molecule has 0 saturated heterocycles. The van der Waals surface area contributed by atoms with Crippen LogP contribution in [0.5, 0.6) is 17.2 Å². The quantitative estimate of drug-likeness (QED) is 0.588. The zero-order valence-corrected chi connectivity index (χ0v) is 14.3. The molecular weight excluding hydrogens is 340 g/mol. The normalized spacial score (nSPS) is 11.1. The fourth-order valence-electron chi connectivity index (χ4n) is 2.79. The molecule has 126 valence electrons. The Balaban J connectivity index is 1.91. The summed E-state index contributed by atoms with van der Waals surface area (Å²) in [5.74, 6) is 1.24. The van der Waals surface area contributed by atoms with Crippen molar-refractivity contribution in [3.63, 3.8) is 0 Å². The Morgan fingerprint density at radius 3 is 2.64 bits per heavy atom. The maximum Gasteiger partial charge on any atom is 0.252 e. The van der Waals surface area contributed by atoms with Crippen LogP contribution in [-0.2, 0) is 0 Å². The first kappa shape index (κ1) is 15.5. The predicted molar refractivity (Wildman–Crippen MR) is 98.0 cm³/mol. The largest absolute Gasteiger partial charge is 0.506 e. The molecule has 0 aliphatic rings. The van der Waals surface area contributed by atoms with Crippen LogP contribution in [0.1, 0.15) is 0 Å². The standard InChI is InChI=1S/C18H14N2O4S/c1-23-13-6-3-9(7-14(13)24-2)11-5-4-10-16-17(25-18(10)19-11)12(21)8-15(22)20-16/h3-8H,1-2H3,(H2,20,21,22). The number of ether oxygens (including phenoxy) is 2. The molecule has 0 fully saturated rings. The van der Waals surface area contributed by atoms with Crippen molar-refractivity contribution in [1.29, 1.82) is 0 Å². The number of thiophene rings is 1. The second kappa shape index (κ2) is 5.78. The second-order valence-electron chi connectivity index (χ2n) is 5.44. The lowest BCUT2D eigenvalue weighted by atomic mass is 10.1. The summed E-state index contributed by atoms with van der Waals surface area (Å²) in [6, 6.07) is 10.5. The number of rotatable bonds is 3. The van der Waals surface area contributed by atoms with Gasteiger partial charge in [0.05, 0.1) is 30.1 Å². The van der Waals surface area contributed by atoms with Crippen LogP contribution in [0.15, 0.2) is 41.2 Å². The van der Waals surface area contributed by atoms with Crippen LogP contribution in [0.4, 0.5) is 0 Å². The minimum absolute atomic E-state index is 0.0329. The molecule has 0 unspecified atom stereocenters. The minimum Gasteiger partial charge on any atom is -0.506 e. The van der Waals surface area contributed by atoms with E-state index >= 15 is 0 Å². The lowest BCUT2D eigenvalue weighted by molar-refractivity contribution is 0.355. The average Bonchev–Trinajstić information content (AvgIpc) is 2.99. The van der Waals surface area contributed by atoms with Gasteiger partial charge in [0.1, 0.15) is 10.6 Å². The van der Waals surface area contributed by atoms with Crippen LogP contribution >= 0.6 is 11.3 Å². The number of methoxy groups -OCH3 is 2. The monoisotopic (exact) mass is 354 g/mol. The summed E-state index contributed by atoms with van der Waals surface area (Å²) in [5, 5.41) is 10.8. The molecule has 0 aliphatic carbocycles. The Hall–Kier alpha value is -3.06. The van der Waals surface area contributed by atoms with Gasteiger partial charge < -0.3 is 19.6 Å². The Morgan fingerprint density at radius 1 is 1.08 bits per heavy atom. The fraction of sp³-hybridized carbons (Fsp3) is 0.111. The van der Waals surface area contributed by atoms with Crippen LogP contribution in [0.25, 0.3) is 31.7 Å². The van der Waals surface area contributed by atoms with Crippen molar-refractivity contribution >= 4 is 31.8 Å². The van der Waals surface area contributed by atoms with Crippen molar-refractivity contribution in [2.45, 2.75) is 0 Å². The third-order valence-corrected chi connectivity index (χ3v) is 5.11. The van der Waals surface area contributed by atoms with E-state index in [4.69, 9.17) is 9.47 Å². The van der Waals surface area contributed by atoms with E-state index in [0.29, 0.717) is 21.7 Å². The van der Waals surface area contributed by atoms with Gasteiger partial charge in [-0.2, -0.15) is 0 Å². The Kier molecular flexibility index (Phi) is 3.58. The number of nitrogens with zero attached hydrogens (tertiary/aromatic N) is 1. The van der Waals surface area contributed by atoms with E-state index in [-0.39, 0.29) is 11.3 Å². The molecule has 4 rings (SSSR count). The fourth-order valence-corrected chi connectivity index (χ4v) is 3.83. The van der Waals surface area contributed by atoms with Gasteiger partial charge in [0.25, 0.3) is 5.56 Å². The first-order valence-electron chi connectivity index (χ1n) is 7.48. The van der Waals surface area contributed by atoms with Gasteiger partial charge >= 0.3 is 0 Å². The summed E-state index contributed by atoms with van der Waals surface area (Å²) < 4.78 is 11.2. The van der Waals surface area contributed by atoms with Gasteiger partial charge in [0.15, 0.2) is 11.5 Å². The molecule has 0 saturated carbocycles. The first-order chi connectivity index (χ1) is 12.1. The maximum absolute atomic E-state index is 11.6. The maximum atomic E-state index is 11.6. The van der Waals surface area contributed by atoms with Crippen LogP contribution < -0.4 is 15.0 Å². The van der Waals surface area contributed by atoms with E-state index < -0.39 is 0 Å². The lowest BCUT2D eigenvalue weighted by Gasteiger charge is -2.09. The van der Waals surface area contributed by atoms with Crippen molar-refractivity contribution in [3.8, 4) is 28.5 Å². The Labute approximate surface area is 146 Å². The van der Waals surface area contributed by atoms with E-state index in [9.17, 15) is 9.90 Å². The zero-order valence-electron chi connectivity index (χ0n) is 13.5. The number of aromatic nitrogens is 2. The smallest absolute Gasteiger partial charge is 0.252 e. The molecule has 3 aromatic heterocycles. The number of nitrogens with one attached hydrogen (secondary N) is 1. The number of benzene rings is 1. The Bertz CT molecular complexity index is 1160. The Morgan fingerprint density at radius 2 is 1.88 bits per heavy atom. The minimum atomic E-state index is -0.339. The third-order valence-electron chi connectivity index (χ3n) is 3.98.